The molecular formula is C16H18ClNO2S. The van der Waals surface area contributed by atoms with Gasteiger partial charge in [-0.05, 0) is 24.1 Å². The van der Waals surface area contributed by atoms with Gasteiger partial charge >= 0.3 is 0 Å². The summed E-state index contributed by atoms with van der Waals surface area (Å²) in [6, 6.07) is 16.5. The number of halogens is 1. The molecule has 0 atom stereocenters. The number of alkyl halides is 1. The molecule has 0 aliphatic heterocycles. The zero-order chi connectivity index (χ0) is 15.3. The predicted octanol–water partition coefficient (Wildman–Crippen LogP) is 3.42. The zero-order valence-electron chi connectivity index (χ0n) is 11.9. The van der Waals surface area contributed by atoms with E-state index in [-0.39, 0.29) is 12.4 Å². The van der Waals surface area contributed by atoms with Crippen LogP contribution in [0.4, 0.5) is 0 Å². The summed E-state index contributed by atoms with van der Waals surface area (Å²) in [5.74, 6) is 0.262. The van der Waals surface area contributed by atoms with Crippen LogP contribution in [-0.4, -0.2) is 25.1 Å². The van der Waals surface area contributed by atoms with Crippen LogP contribution >= 0.6 is 11.6 Å². The molecular weight excluding hydrogens is 306 g/mol. The fourth-order valence-corrected chi connectivity index (χ4v) is 4.11. The van der Waals surface area contributed by atoms with Crippen LogP contribution in [0.2, 0.25) is 0 Å². The molecule has 5 heteroatoms. The van der Waals surface area contributed by atoms with Crippen LogP contribution in [0, 0.1) is 6.92 Å². The molecule has 2 rings (SSSR count). The van der Waals surface area contributed by atoms with Gasteiger partial charge in [0.05, 0.1) is 4.90 Å². The number of benzene rings is 2. The van der Waals surface area contributed by atoms with Gasteiger partial charge in [-0.3, -0.25) is 0 Å². The van der Waals surface area contributed by atoms with Crippen molar-refractivity contribution >= 4 is 21.6 Å². The Morgan fingerprint density at radius 1 is 1.00 bits per heavy atom. The Morgan fingerprint density at radius 2 is 1.62 bits per heavy atom. The molecule has 0 aliphatic carbocycles. The van der Waals surface area contributed by atoms with Gasteiger partial charge in [-0.1, -0.05) is 48.5 Å². The van der Waals surface area contributed by atoms with Gasteiger partial charge in [0.15, 0.2) is 0 Å². The normalized spacial score (nSPS) is 11.8. The third-order valence-corrected chi connectivity index (χ3v) is 5.42. The number of hydrogen-bond donors (Lipinski definition) is 0. The molecule has 0 bridgehead atoms. The van der Waals surface area contributed by atoms with Gasteiger partial charge in [-0.25, -0.2) is 8.42 Å². The van der Waals surface area contributed by atoms with Crippen molar-refractivity contribution in [2.24, 2.45) is 0 Å². The van der Waals surface area contributed by atoms with Gasteiger partial charge in [0, 0.05) is 19.0 Å². The van der Waals surface area contributed by atoms with Crippen molar-refractivity contribution in [1.82, 2.24) is 4.31 Å². The fourth-order valence-electron chi connectivity index (χ4n) is 2.15. The average Bonchev–Trinajstić information content (AvgIpc) is 2.48. The van der Waals surface area contributed by atoms with E-state index in [1.165, 1.54) is 4.31 Å². The predicted molar refractivity (Wildman–Crippen MR) is 85.9 cm³/mol. The van der Waals surface area contributed by atoms with Crippen LogP contribution in [0.25, 0.3) is 0 Å². The minimum atomic E-state index is -3.54. The van der Waals surface area contributed by atoms with Crippen molar-refractivity contribution in [3.63, 3.8) is 0 Å². The minimum Gasteiger partial charge on any atom is -0.207 e. The highest BCUT2D eigenvalue weighted by molar-refractivity contribution is 7.89. The van der Waals surface area contributed by atoms with Gasteiger partial charge < -0.3 is 0 Å². The molecule has 3 nitrogen and oxygen atoms in total. The molecule has 0 saturated heterocycles. The lowest BCUT2D eigenvalue weighted by molar-refractivity contribution is 0.425. The summed E-state index contributed by atoms with van der Waals surface area (Å²) in [7, 11) is -3.54. The first-order valence-electron chi connectivity index (χ1n) is 6.71. The lowest BCUT2D eigenvalue weighted by Crippen LogP contribution is -2.32. The van der Waals surface area contributed by atoms with Crippen LogP contribution in [0.5, 0.6) is 0 Å². The van der Waals surface area contributed by atoms with Crippen LogP contribution in [0.3, 0.4) is 0 Å². The Kier molecular flexibility index (Phi) is 5.39. The van der Waals surface area contributed by atoms with E-state index >= 15 is 0 Å². The first kappa shape index (κ1) is 16.0. The molecule has 0 fully saturated rings. The van der Waals surface area contributed by atoms with E-state index in [1.54, 1.807) is 25.1 Å². The number of nitrogens with zero attached hydrogens (tertiary/aromatic N) is 1. The standard InChI is InChI=1S/C16H18ClNO2S/c1-14-7-5-6-10-16(14)21(19,20)18(12-11-17)13-15-8-3-2-4-9-15/h2-10H,11-13H2,1H3. The molecule has 2 aromatic carbocycles. The summed E-state index contributed by atoms with van der Waals surface area (Å²) >= 11 is 5.79. The lowest BCUT2D eigenvalue weighted by atomic mass is 10.2. The summed E-state index contributed by atoms with van der Waals surface area (Å²) in [6.45, 7) is 2.41. The third kappa shape index (κ3) is 3.84. The summed E-state index contributed by atoms with van der Waals surface area (Å²) in [6.07, 6.45) is 0. The Bertz CT molecular complexity index is 686. The molecule has 0 heterocycles. The summed E-state index contributed by atoms with van der Waals surface area (Å²) in [5, 5.41) is 0. The molecule has 0 radical (unpaired) electrons. The Morgan fingerprint density at radius 3 is 2.24 bits per heavy atom. The van der Waals surface area contributed by atoms with Crippen molar-refractivity contribution in [3.05, 3.63) is 65.7 Å². The first-order valence-corrected chi connectivity index (χ1v) is 8.69. The van der Waals surface area contributed by atoms with E-state index in [0.717, 1.165) is 11.1 Å². The van der Waals surface area contributed by atoms with Gasteiger partial charge in [-0.2, -0.15) is 4.31 Å². The first-order chi connectivity index (χ1) is 10.1. The quantitative estimate of drug-likeness (QED) is 0.764. The number of aryl methyl sites for hydroxylation is 1. The highest BCUT2D eigenvalue weighted by Gasteiger charge is 2.25. The minimum absolute atomic E-state index is 0.262. The van der Waals surface area contributed by atoms with Crippen molar-refractivity contribution in [2.75, 3.05) is 12.4 Å². The molecule has 2 aromatic rings. The van der Waals surface area contributed by atoms with E-state index in [9.17, 15) is 8.42 Å². The summed E-state index contributed by atoms with van der Waals surface area (Å²) < 4.78 is 27.1. The number of rotatable bonds is 6. The molecule has 0 aliphatic rings. The Hall–Kier alpha value is -1.36. The van der Waals surface area contributed by atoms with Crippen LogP contribution in [0.1, 0.15) is 11.1 Å². The van der Waals surface area contributed by atoms with Crippen molar-refractivity contribution in [1.29, 1.82) is 0 Å². The van der Waals surface area contributed by atoms with Gasteiger partial charge in [0.1, 0.15) is 0 Å². The van der Waals surface area contributed by atoms with Crippen molar-refractivity contribution in [3.8, 4) is 0 Å². The van der Waals surface area contributed by atoms with Crippen LogP contribution in [-0.2, 0) is 16.6 Å². The van der Waals surface area contributed by atoms with E-state index in [2.05, 4.69) is 0 Å². The Labute approximate surface area is 131 Å². The second-order valence-corrected chi connectivity index (χ2v) is 7.06. The molecule has 0 N–H and O–H groups in total. The van der Waals surface area contributed by atoms with Gasteiger partial charge in [0.25, 0.3) is 0 Å². The highest BCUT2D eigenvalue weighted by Crippen LogP contribution is 2.21. The van der Waals surface area contributed by atoms with Crippen LogP contribution in [0.15, 0.2) is 59.5 Å². The average molecular weight is 324 g/mol. The Balaban J connectivity index is 2.35. The molecule has 0 aromatic heterocycles. The SMILES string of the molecule is Cc1ccccc1S(=O)(=O)N(CCCl)Cc1ccccc1. The molecule has 0 spiro atoms. The lowest BCUT2D eigenvalue weighted by Gasteiger charge is -2.22. The van der Waals surface area contributed by atoms with Crippen molar-refractivity contribution in [2.45, 2.75) is 18.4 Å². The van der Waals surface area contributed by atoms with E-state index in [4.69, 9.17) is 11.6 Å². The second kappa shape index (κ2) is 7.07. The third-order valence-electron chi connectivity index (χ3n) is 3.25. The monoisotopic (exact) mass is 323 g/mol. The highest BCUT2D eigenvalue weighted by atomic mass is 35.5. The topological polar surface area (TPSA) is 37.4 Å². The largest absolute Gasteiger partial charge is 0.243 e. The van der Waals surface area contributed by atoms with Gasteiger partial charge in [0.2, 0.25) is 10.0 Å². The van der Waals surface area contributed by atoms with E-state index < -0.39 is 10.0 Å². The van der Waals surface area contributed by atoms with Gasteiger partial charge in [-0.15, -0.1) is 11.6 Å². The number of sulfonamides is 1. The maximum absolute atomic E-state index is 12.8. The smallest absolute Gasteiger partial charge is 0.207 e. The van der Waals surface area contributed by atoms with Crippen molar-refractivity contribution < 1.29 is 8.42 Å². The van der Waals surface area contributed by atoms with E-state index in [0.29, 0.717) is 11.4 Å². The van der Waals surface area contributed by atoms with Crippen LogP contribution < -0.4 is 0 Å². The number of hydrogen-bond acceptors (Lipinski definition) is 2. The molecule has 0 amide bonds. The molecule has 21 heavy (non-hydrogen) atoms. The maximum Gasteiger partial charge on any atom is 0.243 e. The fraction of sp³-hybridized carbons (Fsp3) is 0.250. The maximum atomic E-state index is 12.8. The summed E-state index contributed by atoms with van der Waals surface area (Å²) in [4.78, 5) is 0.339. The second-order valence-electron chi connectivity index (χ2n) is 4.78. The molecule has 112 valence electrons. The molecule has 0 saturated carbocycles. The summed E-state index contributed by atoms with van der Waals surface area (Å²) in [5.41, 5.74) is 1.69. The van der Waals surface area contributed by atoms with E-state index in [1.807, 2.05) is 36.4 Å². The molecule has 0 unspecified atom stereocenters. The zero-order valence-corrected chi connectivity index (χ0v) is 13.4.